The SMILES string of the molecule is Fc1ccc([C@@H](C2CCCNC2)n2ncnn2)cc1F. The molecule has 0 radical (unpaired) electrons. The first-order valence-corrected chi connectivity index (χ1v) is 6.64. The van der Waals surface area contributed by atoms with Crippen molar-refractivity contribution >= 4 is 0 Å². The molecule has 1 aliphatic rings. The lowest BCUT2D eigenvalue weighted by Gasteiger charge is -2.30. The molecule has 20 heavy (non-hydrogen) atoms. The zero-order valence-corrected chi connectivity index (χ0v) is 10.8. The Morgan fingerprint density at radius 3 is 2.85 bits per heavy atom. The predicted molar refractivity (Wildman–Crippen MR) is 67.9 cm³/mol. The van der Waals surface area contributed by atoms with Crippen LogP contribution in [0.4, 0.5) is 8.78 Å². The summed E-state index contributed by atoms with van der Waals surface area (Å²) < 4.78 is 26.6. The number of benzene rings is 1. The van der Waals surface area contributed by atoms with Crippen LogP contribution in [0, 0.1) is 17.6 Å². The average Bonchev–Trinajstić information content (AvgIpc) is 2.98. The van der Waals surface area contributed by atoms with E-state index in [2.05, 4.69) is 20.7 Å². The lowest BCUT2D eigenvalue weighted by molar-refractivity contribution is 0.260. The van der Waals surface area contributed by atoms with E-state index in [0.29, 0.717) is 5.56 Å². The molecule has 1 aromatic carbocycles. The van der Waals surface area contributed by atoms with Gasteiger partial charge in [0, 0.05) is 6.54 Å². The topological polar surface area (TPSA) is 55.6 Å². The van der Waals surface area contributed by atoms with Gasteiger partial charge in [0.2, 0.25) is 0 Å². The molecule has 1 saturated heterocycles. The first kappa shape index (κ1) is 13.1. The Balaban J connectivity index is 1.98. The summed E-state index contributed by atoms with van der Waals surface area (Å²) in [6, 6.07) is 3.71. The van der Waals surface area contributed by atoms with Crippen molar-refractivity contribution in [2.45, 2.75) is 18.9 Å². The highest BCUT2D eigenvalue weighted by Gasteiger charge is 2.28. The fourth-order valence-electron chi connectivity index (χ4n) is 2.74. The predicted octanol–water partition coefficient (Wildman–Crippen LogP) is 1.54. The summed E-state index contributed by atoms with van der Waals surface area (Å²) in [6.45, 7) is 1.77. The molecular formula is C13H15F2N5. The summed E-state index contributed by atoms with van der Waals surface area (Å²) in [5, 5.41) is 15.0. The summed E-state index contributed by atoms with van der Waals surface area (Å²) >= 11 is 0. The highest BCUT2D eigenvalue weighted by molar-refractivity contribution is 5.22. The molecule has 0 spiro atoms. The molecule has 1 fully saturated rings. The maximum absolute atomic E-state index is 13.5. The van der Waals surface area contributed by atoms with Gasteiger partial charge in [-0.3, -0.25) is 0 Å². The molecule has 7 heteroatoms. The molecular weight excluding hydrogens is 264 g/mol. The zero-order chi connectivity index (χ0) is 13.9. The van der Waals surface area contributed by atoms with Gasteiger partial charge in [-0.15, -0.1) is 10.2 Å². The fraction of sp³-hybridized carbons (Fsp3) is 0.462. The summed E-state index contributed by atoms with van der Waals surface area (Å²) in [6.07, 6.45) is 3.38. The van der Waals surface area contributed by atoms with Gasteiger partial charge in [0.1, 0.15) is 6.04 Å². The van der Waals surface area contributed by atoms with E-state index in [-0.39, 0.29) is 12.0 Å². The van der Waals surface area contributed by atoms with Gasteiger partial charge < -0.3 is 5.32 Å². The molecule has 3 rings (SSSR count). The van der Waals surface area contributed by atoms with E-state index in [4.69, 9.17) is 0 Å². The lowest BCUT2D eigenvalue weighted by atomic mass is 9.87. The van der Waals surface area contributed by atoms with Crippen molar-refractivity contribution in [3.8, 4) is 0 Å². The molecule has 2 aromatic rings. The Morgan fingerprint density at radius 2 is 2.20 bits per heavy atom. The fourth-order valence-corrected chi connectivity index (χ4v) is 2.74. The normalized spacial score (nSPS) is 20.8. The lowest BCUT2D eigenvalue weighted by Crippen LogP contribution is -2.36. The van der Waals surface area contributed by atoms with Crippen LogP contribution in [-0.2, 0) is 0 Å². The van der Waals surface area contributed by atoms with Crippen LogP contribution in [-0.4, -0.2) is 33.3 Å². The number of hydrogen-bond acceptors (Lipinski definition) is 4. The smallest absolute Gasteiger partial charge is 0.162 e. The molecule has 5 nitrogen and oxygen atoms in total. The molecule has 2 atom stereocenters. The maximum Gasteiger partial charge on any atom is 0.162 e. The van der Waals surface area contributed by atoms with Crippen molar-refractivity contribution in [1.82, 2.24) is 25.5 Å². The molecule has 2 heterocycles. The van der Waals surface area contributed by atoms with Crippen LogP contribution in [0.25, 0.3) is 0 Å². The number of piperidine rings is 1. The van der Waals surface area contributed by atoms with Gasteiger partial charge in [-0.1, -0.05) is 6.07 Å². The Hall–Kier alpha value is -1.89. The molecule has 1 N–H and O–H groups in total. The number of aromatic nitrogens is 4. The van der Waals surface area contributed by atoms with Crippen molar-refractivity contribution in [3.05, 3.63) is 41.7 Å². The van der Waals surface area contributed by atoms with Crippen LogP contribution in [0.15, 0.2) is 24.5 Å². The molecule has 1 aromatic heterocycles. The summed E-state index contributed by atoms with van der Waals surface area (Å²) in [4.78, 5) is 1.48. The number of hydrogen-bond donors (Lipinski definition) is 1. The second-order valence-corrected chi connectivity index (χ2v) is 4.98. The van der Waals surface area contributed by atoms with Crippen LogP contribution in [0.1, 0.15) is 24.4 Å². The van der Waals surface area contributed by atoms with E-state index in [0.717, 1.165) is 32.0 Å². The van der Waals surface area contributed by atoms with Gasteiger partial charge in [0.15, 0.2) is 18.0 Å². The highest BCUT2D eigenvalue weighted by atomic mass is 19.2. The van der Waals surface area contributed by atoms with Gasteiger partial charge in [-0.25, -0.2) is 8.78 Å². The number of rotatable bonds is 3. The molecule has 0 bridgehead atoms. The zero-order valence-electron chi connectivity index (χ0n) is 10.8. The molecule has 0 saturated carbocycles. The molecule has 0 amide bonds. The number of nitrogens with one attached hydrogen (secondary N) is 1. The minimum absolute atomic E-state index is 0.225. The maximum atomic E-state index is 13.5. The van der Waals surface area contributed by atoms with Crippen LogP contribution >= 0.6 is 0 Å². The molecule has 0 aliphatic carbocycles. The van der Waals surface area contributed by atoms with Crippen LogP contribution in [0.2, 0.25) is 0 Å². The van der Waals surface area contributed by atoms with Gasteiger partial charge in [0.25, 0.3) is 0 Å². The first-order chi connectivity index (χ1) is 9.75. The van der Waals surface area contributed by atoms with Crippen LogP contribution < -0.4 is 5.32 Å². The third-order valence-corrected chi connectivity index (χ3v) is 3.68. The Kier molecular flexibility index (Phi) is 3.68. The second kappa shape index (κ2) is 5.62. The van der Waals surface area contributed by atoms with E-state index >= 15 is 0 Å². The largest absolute Gasteiger partial charge is 0.316 e. The third-order valence-electron chi connectivity index (χ3n) is 3.68. The Morgan fingerprint density at radius 1 is 1.30 bits per heavy atom. The molecule has 1 aliphatic heterocycles. The van der Waals surface area contributed by atoms with E-state index in [9.17, 15) is 8.78 Å². The van der Waals surface area contributed by atoms with Crippen LogP contribution in [0.5, 0.6) is 0 Å². The van der Waals surface area contributed by atoms with E-state index in [1.54, 1.807) is 6.07 Å². The monoisotopic (exact) mass is 279 g/mol. The van der Waals surface area contributed by atoms with Crippen molar-refractivity contribution in [2.75, 3.05) is 13.1 Å². The van der Waals surface area contributed by atoms with Crippen molar-refractivity contribution in [1.29, 1.82) is 0 Å². The van der Waals surface area contributed by atoms with Crippen molar-refractivity contribution in [3.63, 3.8) is 0 Å². The molecule has 106 valence electrons. The van der Waals surface area contributed by atoms with Gasteiger partial charge in [-0.05, 0) is 48.2 Å². The minimum Gasteiger partial charge on any atom is -0.316 e. The Labute approximate surface area is 115 Å². The van der Waals surface area contributed by atoms with Crippen molar-refractivity contribution < 1.29 is 8.78 Å². The van der Waals surface area contributed by atoms with Crippen LogP contribution in [0.3, 0.4) is 0 Å². The minimum atomic E-state index is -0.851. The number of tetrazole rings is 1. The quantitative estimate of drug-likeness (QED) is 0.926. The summed E-state index contributed by atoms with van der Waals surface area (Å²) in [7, 11) is 0. The van der Waals surface area contributed by atoms with E-state index < -0.39 is 11.6 Å². The van der Waals surface area contributed by atoms with Gasteiger partial charge in [-0.2, -0.15) is 4.80 Å². The van der Waals surface area contributed by atoms with E-state index in [1.807, 2.05) is 0 Å². The highest BCUT2D eigenvalue weighted by Crippen LogP contribution is 2.30. The Bertz CT molecular complexity index is 566. The summed E-state index contributed by atoms with van der Waals surface area (Å²) in [5.74, 6) is -1.47. The average molecular weight is 279 g/mol. The van der Waals surface area contributed by atoms with Gasteiger partial charge in [0.05, 0.1) is 0 Å². The molecule has 1 unspecified atom stereocenters. The summed E-state index contributed by atoms with van der Waals surface area (Å²) in [5.41, 5.74) is 0.663. The number of halogens is 2. The second-order valence-electron chi connectivity index (χ2n) is 4.98. The van der Waals surface area contributed by atoms with Crippen molar-refractivity contribution in [2.24, 2.45) is 5.92 Å². The van der Waals surface area contributed by atoms with Gasteiger partial charge >= 0.3 is 0 Å². The first-order valence-electron chi connectivity index (χ1n) is 6.64. The third kappa shape index (κ3) is 2.53. The van der Waals surface area contributed by atoms with E-state index in [1.165, 1.54) is 17.2 Å². The standard InChI is InChI=1S/C13H15F2N5/c14-11-4-3-9(6-12(11)15)13(20-18-8-17-19-20)10-2-1-5-16-7-10/h3-4,6,8,10,13,16H,1-2,5,7H2/t10?,13-/m0/s1. The number of nitrogens with zero attached hydrogens (tertiary/aromatic N) is 4.